The standard InChI is InChI=1S/C12H19N3O2/c1-8-11(7-16)9(2)15(13-8)6-12(17)14(3)10-4-5-10/h10,16H,4-7H2,1-3H3. The van der Waals surface area contributed by atoms with Crippen molar-refractivity contribution in [1.29, 1.82) is 0 Å². The van der Waals surface area contributed by atoms with Gasteiger partial charge >= 0.3 is 0 Å². The maximum atomic E-state index is 12.0. The fourth-order valence-corrected chi connectivity index (χ4v) is 2.02. The summed E-state index contributed by atoms with van der Waals surface area (Å²) in [7, 11) is 1.85. The summed E-state index contributed by atoms with van der Waals surface area (Å²) in [6, 6.07) is 0.428. The Kier molecular flexibility index (Phi) is 3.19. The Balaban J connectivity index is 2.10. The molecule has 1 fully saturated rings. The van der Waals surface area contributed by atoms with Crippen LogP contribution in [0.2, 0.25) is 0 Å². The van der Waals surface area contributed by atoms with Crippen LogP contribution in [0.15, 0.2) is 0 Å². The zero-order chi connectivity index (χ0) is 12.6. The molecule has 94 valence electrons. The molecule has 5 heteroatoms. The molecule has 0 aliphatic heterocycles. The van der Waals surface area contributed by atoms with E-state index < -0.39 is 0 Å². The zero-order valence-corrected chi connectivity index (χ0v) is 10.6. The second-order valence-corrected chi connectivity index (χ2v) is 4.70. The molecular formula is C12H19N3O2. The van der Waals surface area contributed by atoms with E-state index in [1.807, 2.05) is 20.9 Å². The van der Waals surface area contributed by atoms with Gasteiger partial charge in [0.2, 0.25) is 5.91 Å². The van der Waals surface area contributed by atoms with E-state index in [0.29, 0.717) is 6.04 Å². The van der Waals surface area contributed by atoms with Gasteiger partial charge in [0.15, 0.2) is 0 Å². The molecule has 1 heterocycles. The average Bonchev–Trinajstić information content (AvgIpc) is 3.07. The molecule has 1 amide bonds. The van der Waals surface area contributed by atoms with Crippen LogP contribution in [0.3, 0.4) is 0 Å². The van der Waals surface area contributed by atoms with Gasteiger partial charge in [-0.3, -0.25) is 9.48 Å². The van der Waals surface area contributed by atoms with E-state index in [-0.39, 0.29) is 19.1 Å². The molecule has 1 aliphatic carbocycles. The Morgan fingerprint density at radius 3 is 2.65 bits per heavy atom. The summed E-state index contributed by atoms with van der Waals surface area (Å²) in [6.45, 7) is 3.98. The summed E-state index contributed by atoms with van der Waals surface area (Å²) in [6.07, 6.45) is 2.22. The topological polar surface area (TPSA) is 58.4 Å². The quantitative estimate of drug-likeness (QED) is 0.835. The molecule has 0 aromatic carbocycles. The van der Waals surface area contributed by atoms with Gasteiger partial charge in [-0.1, -0.05) is 0 Å². The van der Waals surface area contributed by atoms with Gasteiger partial charge in [-0.15, -0.1) is 0 Å². The Bertz CT molecular complexity index is 435. The van der Waals surface area contributed by atoms with E-state index in [4.69, 9.17) is 0 Å². The second-order valence-electron chi connectivity index (χ2n) is 4.70. The number of hydrogen-bond donors (Lipinski definition) is 1. The molecule has 1 N–H and O–H groups in total. The van der Waals surface area contributed by atoms with Crippen LogP contribution in [-0.4, -0.2) is 38.8 Å². The van der Waals surface area contributed by atoms with Gasteiger partial charge in [-0.05, 0) is 26.7 Å². The van der Waals surface area contributed by atoms with Crippen LogP contribution in [0.25, 0.3) is 0 Å². The summed E-state index contributed by atoms with van der Waals surface area (Å²) in [5.41, 5.74) is 2.50. The number of likely N-dealkylation sites (N-methyl/N-ethyl adjacent to an activating group) is 1. The van der Waals surface area contributed by atoms with Crippen molar-refractivity contribution >= 4 is 5.91 Å². The van der Waals surface area contributed by atoms with Crippen molar-refractivity contribution in [3.05, 3.63) is 17.0 Å². The highest BCUT2D eigenvalue weighted by molar-refractivity contribution is 5.76. The van der Waals surface area contributed by atoms with E-state index in [9.17, 15) is 9.90 Å². The average molecular weight is 237 g/mol. The van der Waals surface area contributed by atoms with Gasteiger partial charge < -0.3 is 10.0 Å². The molecule has 17 heavy (non-hydrogen) atoms. The number of carbonyl (C=O) groups is 1. The largest absolute Gasteiger partial charge is 0.392 e. The molecule has 1 aliphatic rings. The maximum absolute atomic E-state index is 12.0. The minimum Gasteiger partial charge on any atom is -0.392 e. The molecule has 2 rings (SSSR count). The van der Waals surface area contributed by atoms with Crippen molar-refractivity contribution < 1.29 is 9.90 Å². The fourth-order valence-electron chi connectivity index (χ4n) is 2.02. The molecule has 0 atom stereocenters. The number of carbonyl (C=O) groups excluding carboxylic acids is 1. The fraction of sp³-hybridized carbons (Fsp3) is 0.667. The Hall–Kier alpha value is -1.36. The summed E-state index contributed by atoms with van der Waals surface area (Å²) >= 11 is 0. The van der Waals surface area contributed by atoms with Crippen LogP contribution in [0.5, 0.6) is 0 Å². The number of aliphatic hydroxyl groups is 1. The van der Waals surface area contributed by atoms with Crippen LogP contribution < -0.4 is 0 Å². The van der Waals surface area contributed by atoms with Gasteiger partial charge in [-0.2, -0.15) is 5.10 Å². The van der Waals surface area contributed by atoms with Gasteiger partial charge in [0.05, 0.1) is 12.3 Å². The van der Waals surface area contributed by atoms with E-state index in [1.165, 1.54) is 0 Å². The number of hydrogen-bond acceptors (Lipinski definition) is 3. The molecule has 1 aromatic rings. The van der Waals surface area contributed by atoms with Crippen LogP contribution in [0.4, 0.5) is 0 Å². The van der Waals surface area contributed by atoms with E-state index in [2.05, 4.69) is 5.10 Å². The Morgan fingerprint density at radius 1 is 1.53 bits per heavy atom. The lowest BCUT2D eigenvalue weighted by molar-refractivity contribution is -0.131. The maximum Gasteiger partial charge on any atom is 0.244 e. The predicted molar refractivity (Wildman–Crippen MR) is 63.4 cm³/mol. The number of aryl methyl sites for hydroxylation is 1. The van der Waals surface area contributed by atoms with E-state index >= 15 is 0 Å². The van der Waals surface area contributed by atoms with Crippen molar-refractivity contribution in [1.82, 2.24) is 14.7 Å². The highest BCUT2D eigenvalue weighted by Gasteiger charge is 2.29. The first-order chi connectivity index (χ1) is 8.04. The number of aliphatic hydroxyl groups excluding tert-OH is 1. The molecule has 0 radical (unpaired) electrons. The molecule has 0 saturated heterocycles. The second kappa shape index (κ2) is 4.49. The molecule has 0 unspecified atom stereocenters. The smallest absolute Gasteiger partial charge is 0.244 e. The number of amides is 1. The minimum absolute atomic E-state index is 0.0235. The monoisotopic (exact) mass is 237 g/mol. The normalized spacial score (nSPS) is 15.1. The third-order valence-corrected chi connectivity index (χ3v) is 3.46. The molecule has 1 aromatic heterocycles. The molecule has 1 saturated carbocycles. The lowest BCUT2D eigenvalue weighted by atomic mass is 10.2. The van der Waals surface area contributed by atoms with Gasteiger partial charge in [-0.25, -0.2) is 0 Å². The summed E-state index contributed by atoms with van der Waals surface area (Å²) in [4.78, 5) is 13.8. The van der Waals surface area contributed by atoms with Crippen LogP contribution in [0.1, 0.15) is 29.8 Å². The SMILES string of the molecule is Cc1nn(CC(=O)N(C)C2CC2)c(C)c1CO. The Morgan fingerprint density at radius 2 is 2.18 bits per heavy atom. The van der Waals surface area contributed by atoms with Crippen LogP contribution in [-0.2, 0) is 17.9 Å². The molecular weight excluding hydrogens is 218 g/mol. The van der Waals surface area contributed by atoms with Crippen LogP contribution in [0, 0.1) is 13.8 Å². The summed E-state index contributed by atoms with van der Waals surface area (Å²) < 4.78 is 1.68. The zero-order valence-electron chi connectivity index (χ0n) is 10.6. The van der Waals surface area contributed by atoms with Crippen LogP contribution >= 0.6 is 0 Å². The third-order valence-electron chi connectivity index (χ3n) is 3.46. The first-order valence-corrected chi connectivity index (χ1v) is 5.94. The lowest BCUT2D eigenvalue weighted by Crippen LogP contribution is -2.32. The van der Waals surface area contributed by atoms with E-state index in [1.54, 1.807) is 9.58 Å². The molecule has 0 spiro atoms. The van der Waals surface area contributed by atoms with Gasteiger partial charge in [0.1, 0.15) is 6.54 Å². The molecule has 5 nitrogen and oxygen atoms in total. The third kappa shape index (κ3) is 2.34. The van der Waals surface area contributed by atoms with Gasteiger partial charge in [0, 0.05) is 24.3 Å². The highest BCUT2D eigenvalue weighted by Crippen LogP contribution is 2.25. The Labute approximate surface area is 101 Å². The number of aromatic nitrogens is 2. The van der Waals surface area contributed by atoms with Crippen molar-refractivity contribution in [2.75, 3.05) is 7.05 Å². The molecule has 0 bridgehead atoms. The van der Waals surface area contributed by atoms with Crippen molar-refractivity contribution in [2.24, 2.45) is 0 Å². The van der Waals surface area contributed by atoms with Crippen molar-refractivity contribution in [3.8, 4) is 0 Å². The number of nitrogens with zero attached hydrogens (tertiary/aromatic N) is 3. The van der Waals surface area contributed by atoms with Crippen molar-refractivity contribution in [3.63, 3.8) is 0 Å². The van der Waals surface area contributed by atoms with Crippen molar-refractivity contribution in [2.45, 2.75) is 45.9 Å². The van der Waals surface area contributed by atoms with E-state index in [0.717, 1.165) is 29.8 Å². The number of rotatable bonds is 4. The summed E-state index contributed by atoms with van der Waals surface area (Å²) in [5, 5.41) is 13.5. The first kappa shape index (κ1) is 12.1. The van der Waals surface area contributed by atoms with Gasteiger partial charge in [0.25, 0.3) is 0 Å². The lowest BCUT2D eigenvalue weighted by Gasteiger charge is -2.16. The predicted octanol–water partition coefficient (Wildman–Crippen LogP) is 0.613. The first-order valence-electron chi connectivity index (χ1n) is 5.94. The minimum atomic E-state index is -0.0235. The summed E-state index contributed by atoms with van der Waals surface area (Å²) in [5.74, 6) is 0.0857. The highest BCUT2D eigenvalue weighted by atomic mass is 16.3.